The number of benzene rings is 1. The Kier molecular flexibility index (Phi) is 2.57. The lowest BCUT2D eigenvalue weighted by Crippen LogP contribution is -2.40. The third kappa shape index (κ3) is 2.11. The summed E-state index contributed by atoms with van der Waals surface area (Å²) < 4.78 is 41.5. The molecule has 1 aliphatic heterocycles. The Morgan fingerprint density at radius 1 is 1.29 bits per heavy atom. The van der Waals surface area contributed by atoms with Gasteiger partial charge in [0.1, 0.15) is 11.5 Å². The van der Waals surface area contributed by atoms with E-state index in [9.17, 15) is 23.1 Å². The van der Waals surface area contributed by atoms with Gasteiger partial charge in [0.25, 0.3) is 5.78 Å². The zero-order valence-corrected chi connectivity index (χ0v) is 8.36. The first-order chi connectivity index (χ1) is 7.89. The van der Waals surface area contributed by atoms with Crippen molar-refractivity contribution in [2.75, 3.05) is 0 Å². The lowest BCUT2D eigenvalue weighted by Gasteiger charge is -2.23. The molecular formula is C11H7F3O3. The van der Waals surface area contributed by atoms with Crippen molar-refractivity contribution in [1.82, 2.24) is 0 Å². The number of hydrogen-bond donors (Lipinski definition) is 1. The molecule has 6 heteroatoms. The van der Waals surface area contributed by atoms with Gasteiger partial charge in [-0.15, -0.1) is 0 Å². The lowest BCUT2D eigenvalue weighted by atomic mass is 10.1. The van der Waals surface area contributed by atoms with Gasteiger partial charge in [-0.3, -0.25) is 4.79 Å². The van der Waals surface area contributed by atoms with E-state index in [-0.39, 0.29) is 5.75 Å². The van der Waals surface area contributed by atoms with E-state index in [1.165, 1.54) is 6.07 Å². The molecule has 17 heavy (non-hydrogen) atoms. The molecule has 0 aromatic heterocycles. The van der Waals surface area contributed by atoms with Gasteiger partial charge < -0.3 is 9.84 Å². The number of rotatable bonds is 1. The first kappa shape index (κ1) is 11.5. The van der Waals surface area contributed by atoms with E-state index in [2.05, 4.69) is 0 Å². The number of carbonyl (C=O) groups is 1. The van der Waals surface area contributed by atoms with Crippen LogP contribution in [0.5, 0.6) is 5.75 Å². The molecule has 1 heterocycles. The molecule has 1 unspecified atom stereocenters. The average molecular weight is 244 g/mol. The zero-order valence-electron chi connectivity index (χ0n) is 8.36. The van der Waals surface area contributed by atoms with Crippen LogP contribution in [-0.2, 0) is 4.79 Å². The summed E-state index contributed by atoms with van der Waals surface area (Å²) in [6, 6.07) is 6.18. The third-order valence-corrected chi connectivity index (χ3v) is 2.25. The van der Waals surface area contributed by atoms with Crippen molar-refractivity contribution < 1.29 is 27.8 Å². The molecule has 0 amide bonds. The quantitative estimate of drug-likeness (QED) is 0.825. The number of Topliss-reactive ketones (excluding diaryl/α,β-unsaturated/α-hetero) is 1. The number of carbonyl (C=O) groups excluding carboxylic acids is 1. The zero-order chi connectivity index (χ0) is 12.6. The van der Waals surface area contributed by atoms with Gasteiger partial charge in [0.05, 0.1) is 0 Å². The molecule has 2 rings (SSSR count). The molecule has 1 aromatic carbocycles. The maximum atomic E-state index is 12.2. The SMILES string of the molecule is O=C(C1Oc2ccccc2C=C1O)C(F)(F)F. The number of ketones is 1. The van der Waals surface area contributed by atoms with Gasteiger partial charge in [-0.25, -0.2) is 0 Å². The van der Waals surface area contributed by atoms with Crippen LogP contribution in [0.1, 0.15) is 5.56 Å². The monoisotopic (exact) mass is 244 g/mol. The Morgan fingerprint density at radius 2 is 1.94 bits per heavy atom. The summed E-state index contributed by atoms with van der Waals surface area (Å²) in [5.41, 5.74) is 0.427. The van der Waals surface area contributed by atoms with Crippen LogP contribution < -0.4 is 4.74 Å². The van der Waals surface area contributed by atoms with Crippen LogP contribution in [0.2, 0.25) is 0 Å². The molecule has 0 spiro atoms. The van der Waals surface area contributed by atoms with Crippen LogP contribution in [0.3, 0.4) is 0 Å². The Hall–Kier alpha value is -1.98. The minimum Gasteiger partial charge on any atom is -0.508 e. The van der Waals surface area contributed by atoms with Crippen molar-refractivity contribution in [2.45, 2.75) is 12.3 Å². The highest BCUT2D eigenvalue weighted by Gasteiger charge is 2.47. The average Bonchev–Trinajstić information content (AvgIpc) is 2.26. The Labute approximate surface area is 94.1 Å². The fourth-order valence-corrected chi connectivity index (χ4v) is 1.47. The van der Waals surface area contributed by atoms with Gasteiger partial charge in [0, 0.05) is 5.56 Å². The summed E-state index contributed by atoms with van der Waals surface area (Å²) in [4.78, 5) is 11.0. The van der Waals surface area contributed by atoms with Crippen LogP contribution in [0.15, 0.2) is 30.0 Å². The molecule has 1 N–H and O–H groups in total. The van der Waals surface area contributed by atoms with Crippen molar-refractivity contribution in [3.05, 3.63) is 35.6 Å². The van der Waals surface area contributed by atoms with Gasteiger partial charge in [-0.2, -0.15) is 13.2 Å². The second-order valence-corrected chi connectivity index (χ2v) is 3.47. The van der Waals surface area contributed by atoms with Crippen molar-refractivity contribution >= 4 is 11.9 Å². The summed E-state index contributed by atoms with van der Waals surface area (Å²) in [7, 11) is 0. The molecule has 1 aliphatic rings. The van der Waals surface area contributed by atoms with Gasteiger partial charge >= 0.3 is 6.18 Å². The normalized spacial score (nSPS) is 19.0. The van der Waals surface area contributed by atoms with Crippen molar-refractivity contribution in [2.24, 2.45) is 0 Å². The molecule has 0 aliphatic carbocycles. The first-order valence-electron chi connectivity index (χ1n) is 4.67. The van der Waals surface area contributed by atoms with Crippen LogP contribution in [-0.4, -0.2) is 23.2 Å². The topological polar surface area (TPSA) is 46.5 Å². The van der Waals surface area contributed by atoms with Gasteiger partial charge in [-0.1, -0.05) is 18.2 Å². The number of aliphatic hydroxyl groups is 1. The molecule has 0 bridgehead atoms. The minimum atomic E-state index is -5.04. The highest BCUT2D eigenvalue weighted by atomic mass is 19.4. The van der Waals surface area contributed by atoms with E-state index in [0.29, 0.717) is 5.56 Å². The highest BCUT2D eigenvalue weighted by molar-refractivity contribution is 5.92. The van der Waals surface area contributed by atoms with Crippen LogP contribution in [0, 0.1) is 0 Å². The predicted octanol–water partition coefficient (Wildman–Crippen LogP) is 2.48. The number of fused-ring (bicyclic) bond motifs is 1. The highest BCUT2D eigenvalue weighted by Crippen LogP contribution is 2.31. The number of ether oxygens (including phenoxy) is 1. The molecule has 0 fully saturated rings. The summed E-state index contributed by atoms with van der Waals surface area (Å²) in [5.74, 6) is -2.74. The van der Waals surface area contributed by atoms with Crippen molar-refractivity contribution in [1.29, 1.82) is 0 Å². The smallest absolute Gasteiger partial charge is 0.454 e. The number of para-hydroxylation sites is 1. The predicted molar refractivity (Wildman–Crippen MR) is 52.5 cm³/mol. The number of hydrogen-bond acceptors (Lipinski definition) is 3. The summed E-state index contributed by atoms with van der Waals surface area (Å²) in [5, 5.41) is 9.36. The third-order valence-electron chi connectivity index (χ3n) is 2.25. The van der Waals surface area contributed by atoms with Crippen LogP contribution in [0.4, 0.5) is 13.2 Å². The first-order valence-corrected chi connectivity index (χ1v) is 4.67. The molecule has 0 saturated heterocycles. The van der Waals surface area contributed by atoms with Crippen molar-refractivity contribution in [3.8, 4) is 5.75 Å². The minimum absolute atomic E-state index is 0.132. The van der Waals surface area contributed by atoms with E-state index < -0.39 is 23.8 Å². The fourth-order valence-electron chi connectivity index (χ4n) is 1.47. The van der Waals surface area contributed by atoms with Crippen LogP contribution >= 0.6 is 0 Å². The molecular weight excluding hydrogens is 237 g/mol. The second-order valence-electron chi connectivity index (χ2n) is 3.47. The molecule has 0 radical (unpaired) electrons. The Bertz CT molecular complexity index is 491. The number of alkyl halides is 3. The second kappa shape index (κ2) is 3.80. The largest absolute Gasteiger partial charge is 0.508 e. The molecule has 1 aromatic rings. The van der Waals surface area contributed by atoms with Gasteiger partial charge in [-0.05, 0) is 12.1 Å². The lowest BCUT2D eigenvalue weighted by molar-refractivity contribution is -0.177. The van der Waals surface area contributed by atoms with Gasteiger partial charge in [0.15, 0.2) is 0 Å². The molecule has 1 atom stereocenters. The molecule has 3 nitrogen and oxygen atoms in total. The van der Waals surface area contributed by atoms with E-state index in [0.717, 1.165) is 6.08 Å². The van der Waals surface area contributed by atoms with Crippen LogP contribution in [0.25, 0.3) is 6.08 Å². The van der Waals surface area contributed by atoms with E-state index >= 15 is 0 Å². The summed E-state index contributed by atoms with van der Waals surface area (Å²) in [6.07, 6.45) is -5.96. The maximum Gasteiger partial charge on any atom is 0.454 e. The van der Waals surface area contributed by atoms with E-state index in [1.807, 2.05) is 0 Å². The summed E-state index contributed by atoms with van der Waals surface area (Å²) >= 11 is 0. The number of aliphatic hydroxyl groups excluding tert-OH is 1. The fraction of sp³-hybridized carbons (Fsp3) is 0.182. The summed E-state index contributed by atoms with van der Waals surface area (Å²) in [6.45, 7) is 0. The van der Waals surface area contributed by atoms with Crippen molar-refractivity contribution in [3.63, 3.8) is 0 Å². The number of halogens is 3. The maximum absolute atomic E-state index is 12.2. The Balaban J connectivity index is 2.35. The Morgan fingerprint density at radius 3 is 2.59 bits per heavy atom. The molecule has 90 valence electrons. The van der Waals surface area contributed by atoms with E-state index in [1.54, 1.807) is 18.2 Å². The molecule has 0 saturated carbocycles. The van der Waals surface area contributed by atoms with Gasteiger partial charge in [0.2, 0.25) is 6.10 Å². The van der Waals surface area contributed by atoms with E-state index in [4.69, 9.17) is 4.74 Å². The standard InChI is InChI=1S/C11H7F3O3/c12-11(13,14)10(16)9-7(15)5-6-3-1-2-4-8(6)17-9/h1-5,9,15H.